The highest BCUT2D eigenvalue weighted by Crippen LogP contribution is 2.30. The van der Waals surface area contributed by atoms with E-state index in [1.807, 2.05) is 12.1 Å². The number of fused-ring (bicyclic) bond motifs is 1. The minimum absolute atomic E-state index is 0.0810. The van der Waals surface area contributed by atoms with Gasteiger partial charge in [0.1, 0.15) is 18.8 Å². The summed E-state index contributed by atoms with van der Waals surface area (Å²) in [4.78, 5) is 26.3. The third kappa shape index (κ3) is 4.19. The van der Waals surface area contributed by atoms with E-state index in [9.17, 15) is 9.59 Å². The molecule has 1 aliphatic rings. The van der Waals surface area contributed by atoms with Gasteiger partial charge in [0.05, 0.1) is 28.4 Å². The van der Waals surface area contributed by atoms with Crippen molar-refractivity contribution in [1.29, 1.82) is 10.5 Å². The summed E-state index contributed by atoms with van der Waals surface area (Å²) < 4.78 is 5.79. The largest absolute Gasteiger partial charge is 0.455 e. The van der Waals surface area contributed by atoms with Gasteiger partial charge in [-0.1, -0.05) is 23.7 Å². The quantitative estimate of drug-likeness (QED) is 0.584. The first-order valence-electron chi connectivity index (χ1n) is 9.25. The fourth-order valence-electron chi connectivity index (χ4n) is 3.32. The lowest BCUT2D eigenvalue weighted by atomic mass is 9.93. The van der Waals surface area contributed by atoms with Crippen LogP contribution in [0.15, 0.2) is 33.8 Å². The third-order valence-electron chi connectivity index (χ3n) is 4.74. The molecule has 0 unspecified atom stereocenters. The molecule has 0 atom stereocenters. The molecule has 0 saturated carbocycles. The second kappa shape index (κ2) is 9.25. The third-order valence-corrected chi connectivity index (χ3v) is 5.07. The van der Waals surface area contributed by atoms with Crippen LogP contribution in [-0.2, 0) is 6.42 Å². The predicted molar refractivity (Wildman–Crippen MR) is 109 cm³/mol. The van der Waals surface area contributed by atoms with E-state index < -0.39 is 11.8 Å². The van der Waals surface area contributed by atoms with Gasteiger partial charge < -0.3 is 9.32 Å². The van der Waals surface area contributed by atoms with Gasteiger partial charge in [-0.25, -0.2) is 5.43 Å². The Morgan fingerprint density at radius 1 is 1.23 bits per heavy atom. The van der Waals surface area contributed by atoms with Gasteiger partial charge in [0.25, 0.3) is 11.8 Å². The maximum absolute atomic E-state index is 12.8. The van der Waals surface area contributed by atoms with Crippen LogP contribution in [0.25, 0.3) is 0 Å². The zero-order valence-corrected chi connectivity index (χ0v) is 17.0. The van der Waals surface area contributed by atoms with Gasteiger partial charge in [-0.2, -0.15) is 15.6 Å². The van der Waals surface area contributed by atoms with Gasteiger partial charge in [-0.05, 0) is 31.9 Å². The van der Waals surface area contributed by atoms with Gasteiger partial charge in [0.2, 0.25) is 0 Å². The van der Waals surface area contributed by atoms with E-state index in [-0.39, 0.29) is 18.8 Å². The Kier molecular flexibility index (Phi) is 6.51. The average molecular weight is 424 g/mol. The van der Waals surface area contributed by atoms with Crippen LogP contribution in [0.3, 0.4) is 0 Å². The SMILES string of the molecule is Cc1c(C(=O)N(CC#N)CC#N)oc2c1/C(=N/NC(=O)c1ccccc1Cl)CCC2. The number of carbonyl (C=O) groups excluding carboxylic acids is 2. The van der Waals surface area contributed by atoms with E-state index in [0.717, 1.165) is 11.3 Å². The van der Waals surface area contributed by atoms with Gasteiger partial charge in [-0.3, -0.25) is 9.59 Å². The smallest absolute Gasteiger partial charge is 0.291 e. The Labute approximate surface area is 178 Å². The number of rotatable bonds is 5. The number of hydrazone groups is 1. The molecule has 0 bridgehead atoms. The number of nitrogens with zero attached hydrogens (tertiary/aromatic N) is 4. The highest BCUT2D eigenvalue weighted by Gasteiger charge is 2.30. The molecule has 1 aromatic carbocycles. The minimum Gasteiger partial charge on any atom is -0.455 e. The highest BCUT2D eigenvalue weighted by atomic mass is 35.5. The number of hydrogen-bond donors (Lipinski definition) is 1. The average Bonchev–Trinajstić information content (AvgIpc) is 3.09. The summed E-state index contributed by atoms with van der Waals surface area (Å²) in [6.07, 6.45) is 1.97. The van der Waals surface area contributed by atoms with Crippen molar-refractivity contribution in [2.24, 2.45) is 5.10 Å². The maximum Gasteiger partial charge on any atom is 0.291 e. The summed E-state index contributed by atoms with van der Waals surface area (Å²) in [6.45, 7) is 1.29. The van der Waals surface area contributed by atoms with E-state index in [2.05, 4.69) is 10.5 Å². The lowest BCUT2D eigenvalue weighted by Gasteiger charge is -2.14. The normalized spacial score (nSPS) is 13.8. The summed E-state index contributed by atoms with van der Waals surface area (Å²) in [5, 5.41) is 22.4. The Hall–Kier alpha value is -3.62. The zero-order chi connectivity index (χ0) is 21.7. The summed E-state index contributed by atoms with van der Waals surface area (Å²) in [5.41, 5.74) is 4.68. The van der Waals surface area contributed by atoms with Gasteiger partial charge in [-0.15, -0.1) is 0 Å². The fraction of sp³-hybridized carbons (Fsp3) is 0.286. The number of benzene rings is 1. The summed E-state index contributed by atoms with van der Waals surface area (Å²) in [7, 11) is 0. The zero-order valence-electron chi connectivity index (χ0n) is 16.2. The summed E-state index contributed by atoms with van der Waals surface area (Å²) in [6, 6.07) is 10.4. The number of carbonyl (C=O) groups is 2. The van der Waals surface area contributed by atoms with Crippen LogP contribution in [-0.4, -0.2) is 35.5 Å². The van der Waals surface area contributed by atoms with E-state index in [4.69, 9.17) is 26.5 Å². The standard InChI is InChI=1S/C21H18ClN5O3/c1-13-18-16(25-26-20(28)14-5-2-3-6-15(14)22)7-4-8-17(18)30-19(13)21(29)27(11-9-23)12-10-24/h2-3,5-6H,4,7-8,11-12H2,1H3,(H,26,28)/b25-16+. The van der Waals surface area contributed by atoms with Crippen molar-refractivity contribution >= 4 is 29.1 Å². The number of aryl methyl sites for hydroxylation is 1. The predicted octanol–water partition coefficient (Wildman–Crippen LogP) is 3.20. The maximum atomic E-state index is 12.8. The highest BCUT2D eigenvalue weighted by molar-refractivity contribution is 6.33. The van der Waals surface area contributed by atoms with Crippen molar-refractivity contribution in [2.45, 2.75) is 26.2 Å². The Morgan fingerprint density at radius 3 is 2.60 bits per heavy atom. The Morgan fingerprint density at radius 2 is 1.93 bits per heavy atom. The molecule has 0 saturated heterocycles. The van der Waals surface area contributed by atoms with E-state index in [1.165, 1.54) is 0 Å². The van der Waals surface area contributed by atoms with E-state index in [0.29, 0.717) is 46.0 Å². The number of hydrogen-bond acceptors (Lipinski definition) is 6. The van der Waals surface area contributed by atoms with Crippen LogP contribution >= 0.6 is 11.6 Å². The molecule has 0 fully saturated rings. The van der Waals surface area contributed by atoms with Crippen LogP contribution in [0.2, 0.25) is 5.02 Å². The molecule has 30 heavy (non-hydrogen) atoms. The van der Waals surface area contributed by atoms with Crippen molar-refractivity contribution in [1.82, 2.24) is 10.3 Å². The molecule has 3 rings (SSSR count). The lowest BCUT2D eigenvalue weighted by Crippen LogP contribution is -2.32. The molecule has 2 aromatic rings. The molecule has 9 heteroatoms. The van der Waals surface area contributed by atoms with Crippen LogP contribution in [0.1, 0.15) is 50.6 Å². The Balaban J connectivity index is 1.89. The molecule has 0 aliphatic heterocycles. The topological polar surface area (TPSA) is 122 Å². The van der Waals surface area contributed by atoms with Gasteiger partial charge in [0, 0.05) is 17.5 Å². The fourth-order valence-corrected chi connectivity index (χ4v) is 3.54. The molecular formula is C21H18ClN5O3. The first-order chi connectivity index (χ1) is 14.5. The molecule has 1 aliphatic carbocycles. The molecule has 1 aromatic heterocycles. The second-order valence-electron chi connectivity index (χ2n) is 6.66. The molecule has 1 N–H and O–H groups in total. The first-order valence-corrected chi connectivity index (χ1v) is 9.63. The van der Waals surface area contributed by atoms with E-state index in [1.54, 1.807) is 31.2 Å². The molecule has 2 amide bonds. The van der Waals surface area contributed by atoms with Crippen LogP contribution in [0.5, 0.6) is 0 Å². The van der Waals surface area contributed by atoms with Crippen LogP contribution < -0.4 is 5.43 Å². The molecule has 0 spiro atoms. The van der Waals surface area contributed by atoms with Gasteiger partial charge >= 0.3 is 0 Å². The second-order valence-corrected chi connectivity index (χ2v) is 7.07. The molecule has 1 heterocycles. The number of nitriles is 2. The van der Waals surface area contributed by atoms with Crippen molar-refractivity contribution < 1.29 is 14.0 Å². The van der Waals surface area contributed by atoms with E-state index >= 15 is 0 Å². The molecule has 0 radical (unpaired) electrons. The molecule has 152 valence electrons. The first kappa shape index (κ1) is 21.1. The number of nitrogens with one attached hydrogen (secondary N) is 1. The number of furan rings is 1. The van der Waals surface area contributed by atoms with Crippen molar-refractivity contribution in [2.75, 3.05) is 13.1 Å². The van der Waals surface area contributed by atoms with Crippen molar-refractivity contribution in [3.63, 3.8) is 0 Å². The van der Waals surface area contributed by atoms with Crippen molar-refractivity contribution in [3.8, 4) is 12.1 Å². The Bertz CT molecular complexity index is 1090. The van der Waals surface area contributed by atoms with Gasteiger partial charge in [0.15, 0.2) is 5.76 Å². The molecular weight excluding hydrogens is 406 g/mol. The lowest BCUT2D eigenvalue weighted by molar-refractivity contribution is 0.0760. The number of halogens is 1. The van der Waals surface area contributed by atoms with Crippen LogP contribution in [0.4, 0.5) is 0 Å². The molecule has 8 nitrogen and oxygen atoms in total. The number of amides is 2. The minimum atomic E-state index is -0.524. The summed E-state index contributed by atoms with van der Waals surface area (Å²) in [5.74, 6) is -0.282. The monoisotopic (exact) mass is 423 g/mol. The van der Waals surface area contributed by atoms with Crippen LogP contribution in [0, 0.1) is 29.6 Å². The van der Waals surface area contributed by atoms with Crippen molar-refractivity contribution in [3.05, 3.63) is 57.5 Å². The summed E-state index contributed by atoms with van der Waals surface area (Å²) >= 11 is 6.05.